The SMILES string of the molecule is COc1ncc(Cl)c(NC2CCNCC2)n1. The van der Waals surface area contributed by atoms with Gasteiger partial charge in [0.05, 0.1) is 13.3 Å². The third-order valence-electron chi connectivity index (χ3n) is 2.58. The summed E-state index contributed by atoms with van der Waals surface area (Å²) in [7, 11) is 1.54. The lowest BCUT2D eigenvalue weighted by atomic mass is 10.1. The molecular formula is C10H15ClN4O. The van der Waals surface area contributed by atoms with Gasteiger partial charge in [0, 0.05) is 6.04 Å². The Kier molecular flexibility index (Phi) is 3.79. The minimum atomic E-state index is 0.334. The number of anilines is 1. The summed E-state index contributed by atoms with van der Waals surface area (Å²) in [6, 6.07) is 0.749. The summed E-state index contributed by atoms with van der Waals surface area (Å²) in [5, 5.41) is 7.16. The molecule has 1 aromatic heterocycles. The number of ether oxygens (including phenoxy) is 1. The van der Waals surface area contributed by atoms with Crippen LogP contribution in [-0.4, -0.2) is 36.2 Å². The van der Waals surface area contributed by atoms with Crippen LogP contribution in [0.1, 0.15) is 12.8 Å². The van der Waals surface area contributed by atoms with Gasteiger partial charge in [-0.05, 0) is 25.9 Å². The minimum absolute atomic E-state index is 0.334. The molecule has 0 bridgehead atoms. The van der Waals surface area contributed by atoms with Gasteiger partial charge >= 0.3 is 6.01 Å². The normalized spacial score (nSPS) is 17.1. The lowest BCUT2D eigenvalue weighted by Crippen LogP contribution is -2.35. The van der Waals surface area contributed by atoms with E-state index in [1.165, 1.54) is 7.11 Å². The molecule has 2 N–H and O–H groups in total. The van der Waals surface area contributed by atoms with Crippen molar-refractivity contribution < 1.29 is 4.74 Å². The summed E-state index contributed by atoms with van der Waals surface area (Å²) < 4.78 is 4.97. The van der Waals surface area contributed by atoms with Crippen molar-refractivity contribution in [2.24, 2.45) is 0 Å². The maximum absolute atomic E-state index is 6.01. The molecule has 2 heterocycles. The summed E-state index contributed by atoms with van der Waals surface area (Å²) in [4.78, 5) is 8.12. The Balaban J connectivity index is 2.06. The van der Waals surface area contributed by atoms with Crippen molar-refractivity contribution in [2.45, 2.75) is 18.9 Å². The van der Waals surface area contributed by atoms with Crippen molar-refractivity contribution in [3.8, 4) is 6.01 Å². The molecule has 2 rings (SSSR count). The second kappa shape index (κ2) is 5.32. The number of aromatic nitrogens is 2. The van der Waals surface area contributed by atoms with Crippen LogP contribution in [0.2, 0.25) is 5.02 Å². The molecule has 16 heavy (non-hydrogen) atoms. The van der Waals surface area contributed by atoms with E-state index in [9.17, 15) is 0 Å². The van der Waals surface area contributed by atoms with E-state index < -0.39 is 0 Å². The molecule has 0 unspecified atom stereocenters. The lowest BCUT2D eigenvalue weighted by molar-refractivity contribution is 0.380. The van der Waals surface area contributed by atoms with E-state index in [-0.39, 0.29) is 0 Å². The Bertz CT molecular complexity index is 355. The molecule has 0 saturated carbocycles. The number of methoxy groups -OCH3 is 1. The van der Waals surface area contributed by atoms with Gasteiger partial charge in [0.25, 0.3) is 0 Å². The summed E-state index contributed by atoms with van der Waals surface area (Å²) in [6.45, 7) is 2.05. The third kappa shape index (κ3) is 2.74. The molecule has 1 aromatic rings. The van der Waals surface area contributed by atoms with E-state index in [2.05, 4.69) is 20.6 Å². The van der Waals surface area contributed by atoms with Crippen molar-refractivity contribution in [2.75, 3.05) is 25.5 Å². The van der Waals surface area contributed by atoms with Gasteiger partial charge in [-0.25, -0.2) is 4.98 Å². The fraction of sp³-hybridized carbons (Fsp3) is 0.600. The first-order valence-electron chi connectivity index (χ1n) is 5.33. The topological polar surface area (TPSA) is 59.1 Å². The average molecular weight is 243 g/mol. The number of rotatable bonds is 3. The van der Waals surface area contributed by atoms with Crippen LogP contribution < -0.4 is 15.4 Å². The van der Waals surface area contributed by atoms with Crippen LogP contribution in [0.3, 0.4) is 0 Å². The number of halogens is 1. The van der Waals surface area contributed by atoms with Crippen molar-refractivity contribution in [1.82, 2.24) is 15.3 Å². The predicted molar refractivity (Wildman–Crippen MR) is 63.1 cm³/mol. The highest BCUT2D eigenvalue weighted by atomic mass is 35.5. The zero-order valence-corrected chi connectivity index (χ0v) is 9.92. The van der Waals surface area contributed by atoms with E-state index in [0.29, 0.717) is 22.9 Å². The molecule has 0 amide bonds. The van der Waals surface area contributed by atoms with Crippen LogP contribution in [0.15, 0.2) is 6.20 Å². The Morgan fingerprint density at radius 2 is 2.25 bits per heavy atom. The predicted octanol–water partition coefficient (Wildman–Crippen LogP) is 1.30. The van der Waals surface area contributed by atoms with E-state index in [1.54, 1.807) is 6.20 Å². The number of piperidine rings is 1. The average Bonchev–Trinajstić information content (AvgIpc) is 2.33. The van der Waals surface area contributed by atoms with Gasteiger partial charge in [0.1, 0.15) is 5.02 Å². The van der Waals surface area contributed by atoms with Crippen molar-refractivity contribution in [3.63, 3.8) is 0 Å². The summed E-state index contributed by atoms with van der Waals surface area (Å²) in [6.07, 6.45) is 3.70. The van der Waals surface area contributed by atoms with Gasteiger partial charge in [0.15, 0.2) is 5.82 Å². The lowest BCUT2D eigenvalue weighted by Gasteiger charge is -2.24. The van der Waals surface area contributed by atoms with Gasteiger partial charge in [-0.3, -0.25) is 0 Å². The molecule has 0 spiro atoms. The molecule has 0 aliphatic carbocycles. The zero-order valence-electron chi connectivity index (χ0n) is 9.16. The van der Waals surface area contributed by atoms with E-state index in [0.717, 1.165) is 25.9 Å². The second-order valence-electron chi connectivity index (χ2n) is 3.72. The smallest absolute Gasteiger partial charge is 0.318 e. The van der Waals surface area contributed by atoms with Crippen LogP contribution in [0.25, 0.3) is 0 Å². The van der Waals surface area contributed by atoms with Crippen molar-refractivity contribution in [1.29, 1.82) is 0 Å². The summed E-state index contributed by atoms with van der Waals surface area (Å²) >= 11 is 6.01. The molecule has 1 aliphatic heterocycles. The maximum atomic E-state index is 6.01. The first kappa shape index (κ1) is 11.4. The monoisotopic (exact) mass is 242 g/mol. The maximum Gasteiger partial charge on any atom is 0.318 e. The fourth-order valence-electron chi connectivity index (χ4n) is 1.71. The number of hydrogen-bond acceptors (Lipinski definition) is 5. The van der Waals surface area contributed by atoms with Crippen LogP contribution >= 0.6 is 11.6 Å². The molecule has 1 aliphatic rings. The zero-order chi connectivity index (χ0) is 11.4. The molecule has 0 aromatic carbocycles. The summed E-state index contributed by atoms with van der Waals surface area (Å²) in [5.41, 5.74) is 0. The molecule has 0 radical (unpaired) electrons. The largest absolute Gasteiger partial charge is 0.467 e. The quantitative estimate of drug-likeness (QED) is 0.837. The van der Waals surface area contributed by atoms with Crippen LogP contribution in [0.5, 0.6) is 6.01 Å². The molecule has 6 heteroatoms. The Labute approximate surface area is 99.6 Å². The molecule has 1 fully saturated rings. The van der Waals surface area contributed by atoms with Crippen LogP contribution in [0, 0.1) is 0 Å². The second-order valence-corrected chi connectivity index (χ2v) is 4.13. The molecule has 5 nitrogen and oxygen atoms in total. The third-order valence-corrected chi connectivity index (χ3v) is 2.86. The van der Waals surface area contributed by atoms with E-state index >= 15 is 0 Å². The first-order chi connectivity index (χ1) is 7.79. The standard InChI is InChI=1S/C10H15ClN4O/c1-16-10-13-6-8(11)9(15-10)14-7-2-4-12-5-3-7/h6-7,12H,2-5H2,1H3,(H,13,14,15). The fourth-order valence-corrected chi connectivity index (χ4v) is 1.86. The van der Waals surface area contributed by atoms with Crippen LogP contribution in [-0.2, 0) is 0 Å². The molecule has 88 valence electrons. The van der Waals surface area contributed by atoms with Gasteiger partial charge in [0.2, 0.25) is 0 Å². The highest BCUT2D eigenvalue weighted by Crippen LogP contribution is 2.22. The van der Waals surface area contributed by atoms with Crippen molar-refractivity contribution in [3.05, 3.63) is 11.2 Å². The van der Waals surface area contributed by atoms with Gasteiger partial charge in [-0.2, -0.15) is 4.98 Å². The van der Waals surface area contributed by atoms with Gasteiger partial charge in [-0.15, -0.1) is 0 Å². The Morgan fingerprint density at radius 1 is 1.50 bits per heavy atom. The minimum Gasteiger partial charge on any atom is -0.467 e. The first-order valence-corrected chi connectivity index (χ1v) is 5.71. The Morgan fingerprint density at radius 3 is 2.94 bits per heavy atom. The number of nitrogens with zero attached hydrogens (tertiary/aromatic N) is 2. The molecule has 1 saturated heterocycles. The van der Waals surface area contributed by atoms with Crippen molar-refractivity contribution >= 4 is 17.4 Å². The van der Waals surface area contributed by atoms with Gasteiger partial charge < -0.3 is 15.4 Å². The van der Waals surface area contributed by atoms with Gasteiger partial charge in [-0.1, -0.05) is 11.6 Å². The highest BCUT2D eigenvalue weighted by Gasteiger charge is 2.15. The summed E-state index contributed by atoms with van der Waals surface area (Å²) in [5.74, 6) is 0.653. The Hall–Kier alpha value is -1.07. The number of nitrogens with one attached hydrogen (secondary N) is 2. The molecular weight excluding hydrogens is 228 g/mol. The van der Waals surface area contributed by atoms with Crippen LogP contribution in [0.4, 0.5) is 5.82 Å². The molecule has 0 atom stereocenters. The number of hydrogen-bond donors (Lipinski definition) is 2. The van der Waals surface area contributed by atoms with E-state index in [4.69, 9.17) is 16.3 Å². The van der Waals surface area contributed by atoms with E-state index in [1.807, 2.05) is 0 Å². The highest BCUT2D eigenvalue weighted by molar-refractivity contribution is 6.32.